The molecule has 2 fully saturated rings. The van der Waals surface area contributed by atoms with E-state index in [9.17, 15) is 4.79 Å². The summed E-state index contributed by atoms with van der Waals surface area (Å²) in [7, 11) is 0. The predicted molar refractivity (Wildman–Crippen MR) is 90.6 cm³/mol. The number of rotatable bonds is 4. The molecule has 116 valence electrons. The van der Waals surface area contributed by atoms with Crippen LogP contribution in [0.25, 0.3) is 0 Å². The maximum absolute atomic E-state index is 13.0. The lowest BCUT2D eigenvalue weighted by atomic mass is 9.99. The van der Waals surface area contributed by atoms with Gasteiger partial charge in [0.1, 0.15) is 6.17 Å². The fraction of sp³-hybridized carbons (Fsp3) is 0.688. The Balaban J connectivity index is 1.86. The molecule has 1 amide bonds. The number of amides is 1. The van der Waals surface area contributed by atoms with Crippen molar-refractivity contribution in [2.45, 2.75) is 51.4 Å². The van der Waals surface area contributed by atoms with Crippen LogP contribution in [0.15, 0.2) is 17.5 Å². The van der Waals surface area contributed by atoms with E-state index in [1.54, 1.807) is 11.3 Å². The Bertz CT molecular complexity index is 471. The predicted octanol–water partition coefficient (Wildman–Crippen LogP) is 3.49. The van der Waals surface area contributed by atoms with Crippen molar-refractivity contribution in [3.8, 4) is 0 Å². The van der Waals surface area contributed by atoms with Crippen LogP contribution in [0.3, 0.4) is 0 Å². The summed E-state index contributed by atoms with van der Waals surface area (Å²) in [4.78, 5) is 16.4. The van der Waals surface area contributed by atoms with Gasteiger partial charge in [0.05, 0.1) is 6.04 Å². The molecule has 0 saturated carbocycles. The van der Waals surface area contributed by atoms with Crippen molar-refractivity contribution in [3.63, 3.8) is 0 Å². The quantitative estimate of drug-likeness (QED) is 0.920. The number of nitrogens with one attached hydrogen (secondary N) is 1. The molecule has 3 nitrogen and oxygen atoms in total. The van der Waals surface area contributed by atoms with Crippen LogP contribution in [0.4, 0.5) is 0 Å². The van der Waals surface area contributed by atoms with Gasteiger partial charge in [-0.2, -0.15) is 11.8 Å². The van der Waals surface area contributed by atoms with E-state index in [1.165, 1.54) is 17.1 Å². The van der Waals surface area contributed by atoms with Crippen molar-refractivity contribution in [1.82, 2.24) is 10.2 Å². The average molecular weight is 325 g/mol. The zero-order valence-electron chi connectivity index (χ0n) is 12.7. The van der Waals surface area contributed by atoms with Gasteiger partial charge in [-0.15, -0.1) is 11.3 Å². The molecule has 0 radical (unpaired) electrons. The van der Waals surface area contributed by atoms with Crippen LogP contribution >= 0.6 is 23.1 Å². The van der Waals surface area contributed by atoms with Gasteiger partial charge in [0.25, 0.3) is 0 Å². The van der Waals surface area contributed by atoms with Crippen LogP contribution < -0.4 is 5.32 Å². The summed E-state index contributed by atoms with van der Waals surface area (Å²) in [6, 6.07) is 4.60. The molecule has 0 aromatic carbocycles. The minimum absolute atomic E-state index is 0.0194. The van der Waals surface area contributed by atoms with Crippen molar-refractivity contribution in [3.05, 3.63) is 22.4 Å². The first-order valence-corrected chi connectivity index (χ1v) is 9.95. The molecule has 0 spiro atoms. The summed E-state index contributed by atoms with van der Waals surface area (Å²) in [6.45, 7) is 4.35. The van der Waals surface area contributed by atoms with E-state index >= 15 is 0 Å². The molecule has 2 saturated heterocycles. The average Bonchev–Trinajstić information content (AvgIpc) is 3.15. The van der Waals surface area contributed by atoms with Gasteiger partial charge in [-0.05, 0) is 36.0 Å². The number of thiophene rings is 1. The van der Waals surface area contributed by atoms with Gasteiger partial charge < -0.3 is 4.90 Å². The molecule has 21 heavy (non-hydrogen) atoms. The molecule has 3 heterocycles. The maximum atomic E-state index is 13.0. The normalized spacial score (nSPS) is 31.6. The van der Waals surface area contributed by atoms with Crippen molar-refractivity contribution in [2.24, 2.45) is 5.92 Å². The second-order valence-electron chi connectivity index (χ2n) is 6.06. The summed E-state index contributed by atoms with van der Waals surface area (Å²) >= 11 is 3.74. The first-order valence-electron chi connectivity index (χ1n) is 7.91. The number of carbonyl (C=O) groups is 1. The first kappa shape index (κ1) is 15.4. The van der Waals surface area contributed by atoms with Gasteiger partial charge in [-0.3, -0.25) is 10.1 Å². The summed E-state index contributed by atoms with van der Waals surface area (Å²) in [6.07, 6.45) is 3.49. The SMILES string of the molecule is CCC(C)C1NC(c2cccs2)N(C2CCCSC2)C1=O. The zero-order chi connectivity index (χ0) is 14.8. The van der Waals surface area contributed by atoms with Gasteiger partial charge in [-0.1, -0.05) is 26.3 Å². The fourth-order valence-corrected chi connectivity index (χ4v) is 5.17. The summed E-state index contributed by atoms with van der Waals surface area (Å²) in [5.41, 5.74) is 0. The second-order valence-corrected chi connectivity index (χ2v) is 8.19. The molecule has 1 aromatic heterocycles. The van der Waals surface area contributed by atoms with E-state index in [0.29, 0.717) is 17.9 Å². The van der Waals surface area contributed by atoms with E-state index in [-0.39, 0.29) is 12.2 Å². The fourth-order valence-electron chi connectivity index (χ4n) is 3.25. The molecule has 3 rings (SSSR count). The second kappa shape index (κ2) is 6.71. The number of hydrogen-bond acceptors (Lipinski definition) is 4. The highest BCUT2D eigenvalue weighted by atomic mass is 32.2. The highest BCUT2D eigenvalue weighted by Crippen LogP contribution is 2.36. The Kier molecular flexibility index (Phi) is 4.92. The lowest BCUT2D eigenvalue weighted by molar-refractivity contribution is -0.132. The number of carbonyl (C=O) groups excluding carboxylic acids is 1. The third kappa shape index (κ3) is 3.01. The smallest absolute Gasteiger partial charge is 0.241 e. The summed E-state index contributed by atoms with van der Waals surface area (Å²) in [5, 5.41) is 5.72. The van der Waals surface area contributed by atoms with E-state index in [0.717, 1.165) is 18.6 Å². The molecule has 2 aliphatic heterocycles. The Morgan fingerprint density at radius 2 is 2.38 bits per heavy atom. The Morgan fingerprint density at radius 1 is 1.52 bits per heavy atom. The third-order valence-electron chi connectivity index (χ3n) is 4.69. The number of nitrogens with zero attached hydrogens (tertiary/aromatic N) is 1. The molecule has 0 bridgehead atoms. The van der Waals surface area contributed by atoms with Crippen molar-refractivity contribution in [1.29, 1.82) is 0 Å². The van der Waals surface area contributed by atoms with Gasteiger partial charge in [0.15, 0.2) is 0 Å². The third-order valence-corrected chi connectivity index (χ3v) is 6.81. The topological polar surface area (TPSA) is 32.3 Å². The van der Waals surface area contributed by atoms with Gasteiger partial charge in [0.2, 0.25) is 5.91 Å². The maximum Gasteiger partial charge on any atom is 0.241 e. The van der Waals surface area contributed by atoms with E-state index in [1.807, 2.05) is 11.8 Å². The standard InChI is InChI=1S/C16H24N2OS2/c1-3-11(2)14-16(19)18(12-6-4-8-20-10-12)15(17-14)13-7-5-9-21-13/h5,7,9,11-12,14-15,17H,3-4,6,8,10H2,1-2H3. The zero-order valence-corrected chi connectivity index (χ0v) is 14.4. The van der Waals surface area contributed by atoms with Crippen LogP contribution in [0.2, 0.25) is 0 Å². The Morgan fingerprint density at radius 3 is 3.00 bits per heavy atom. The molecule has 2 aliphatic rings. The summed E-state index contributed by atoms with van der Waals surface area (Å²) < 4.78 is 0. The van der Waals surface area contributed by atoms with E-state index < -0.39 is 0 Å². The van der Waals surface area contributed by atoms with Gasteiger partial charge in [-0.25, -0.2) is 0 Å². The largest absolute Gasteiger partial charge is 0.317 e. The molecular weight excluding hydrogens is 300 g/mol. The minimum Gasteiger partial charge on any atom is -0.317 e. The Hall–Kier alpha value is -0.520. The van der Waals surface area contributed by atoms with Crippen LogP contribution in [-0.2, 0) is 4.79 Å². The van der Waals surface area contributed by atoms with Gasteiger partial charge >= 0.3 is 0 Å². The lowest BCUT2D eigenvalue weighted by Crippen LogP contribution is -2.43. The Labute approximate surface area is 135 Å². The molecule has 0 aliphatic carbocycles. The van der Waals surface area contributed by atoms with Crippen LogP contribution in [-0.4, -0.2) is 34.4 Å². The highest BCUT2D eigenvalue weighted by molar-refractivity contribution is 7.99. The molecule has 1 aromatic rings. The minimum atomic E-state index is -0.0194. The lowest BCUT2D eigenvalue weighted by Gasteiger charge is -2.34. The first-order chi connectivity index (χ1) is 10.2. The number of thioether (sulfide) groups is 1. The van der Waals surface area contributed by atoms with Crippen molar-refractivity contribution >= 4 is 29.0 Å². The molecular formula is C16H24N2OS2. The molecule has 4 unspecified atom stereocenters. The molecule has 1 N–H and O–H groups in total. The van der Waals surface area contributed by atoms with Crippen LogP contribution in [0.5, 0.6) is 0 Å². The van der Waals surface area contributed by atoms with Crippen LogP contribution in [0, 0.1) is 5.92 Å². The van der Waals surface area contributed by atoms with Gasteiger partial charge in [0, 0.05) is 16.7 Å². The monoisotopic (exact) mass is 324 g/mol. The van der Waals surface area contributed by atoms with Crippen molar-refractivity contribution < 1.29 is 4.79 Å². The molecule has 4 atom stereocenters. The molecule has 5 heteroatoms. The van der Waals surface area contributed by atoms with E-state index in [4.69, 9.17) is 0 Å². The highest BCUT2D eigenvalue weighted by Gasteiger charge is 2.45. The van der Waals surface area contributed by atoms with E-state index in [2.05, 4.69) is 41.6 Å². The van der Waals surface area contributed by atoms with Crippen molar-refractivity contribution in [2.75, 3.05) is 11.5 Å². The number of hydrogen-bond donors (Lipinski definition) is 1. The summed E-state index contributed by atoms with van der Waals surface area (Å²) in [5.74, 6) is 3.03. The van der Waals surface area contributed by atoms with Crippen LogP contribution in [0.1, 0.15) is 44.2 Å².